The Kier molecular flexibility index (Phi) is 5.58. The summed E-state index contributed by atoms with van der Waals surface area (Å²) in [5, 5.41) is 8.72. The highest BCUT2D eigenvalue weighted by Crippen LogP contribution is 2.38. The zero-order valence-corrected chi connectivity index (χ0v) is 14.9. The Labute approximate surface area is 148 Å². The molecule has 2 aliphatic rings. The molecule has 6 nitrogen and oxygen atoms in total. The van der Waals surface area contributed by atoms with Crippen LogP contribution in [0, 0.1) is 12.8 Å². The highest BCUT2D eigenvalue weighted by atomic mass is 16.5. The maximum Gasteiger partial charge on any atom is 0.319 e. The number of amides is 3. The van der Waals surface area contributed by atoms with Crippen molar-refractivity contribution >= 4 is 17.6 Å². The number of anilines is 1. The van der Waals surface area contributed by atoms with Crippen LogP contribution in [0.5, 0.6) is 0 Å². The molecule has 2 fully saturated rings. The third kappa shape index (κ3) is 4.72. The standard InChI is InChI=1S/C19H27N3O3/c1-3-20-18(23)14-6-7-16(12(2)10-14)22-19(24)21-15-8-9-25-17(11-15)13-4-5-13/h6-7,10,13,15,17H,3-5,8-9,11H2,1-2H3,(H,20,23)(H2,21,22,24). The van der Waals surface area contributed by atoms with E-state index >= 15 is 0 Å². The summed E-state index contributed by atoms with van der Waals surface area (Å²) in [6.45, 7) is 5.07. The second-order valence-corrected chi connectivity index (χ2v) is 6.96. The summed E-state index contributed by atoms with van der Waals surface area (Å²) in [6.07, 6.45) is 4.55. The summed E-state index contributed by atoms with van der Waals surface area (Å²) in [5.74, 6) is 0.589. The summed E-state index contributed by atoms with van der Waals surface area (Å²) < 4.78 is 5.80. The SMILES string of the molecule is CCNC(=O)c1ccc(NC(=O)NC2CCOC(C3CC3)C2)c(C)c1. The molecule has 136 valence electrons. The monoisotopic (exact) mass is 345 g/mol. The third-order valence-electron chi connectivity index (χ3n) is 4.87. The van der Waals surface area contributed by atoms with E-state index in [1.165, 1.54) is 12.8 Å². The fourth-order valence-corrected chi connectivity index (χ4v) is 3.31. The van der Waals surface area contributed by atoms with Crippen LogP contribution < -0.4 is 16.0 Å². The molecule has 1 aromatic rings. The average molecular weight is 345 g/mol. The zero-order chi connectivity index (χ0) is 17.8. The predicted molar refractivity (Wildman–Crippen MR) is 96.8 cm³/mol. The Morgan fingerprint density at radius 2 is 2.04 bits per heavy atom. The van der Waals surface area contributed by atoms with E-state index in [1.54, 1.807) is 18.2 Å². The van der Waals surface area contributed by atoms with E-state index < -0.39 is 0 Å². The first kappa shape index (κ1) is 17.7. The van der Waals surface area contributed by atoms with E-state index in [0.717, 1.165) is 24.1 Å². The van der Waals surface area contributed by atoms with E-state index in [9.17, 15) is 9.59 Å². The molecule has 3 rings (SSSR count). The minimum absolute atomic E-state index is 0.102. The highest BCUT2D eigenvalue weighted by Gasteiger charge is 2.36. The van der Waals surface area contributed by atoms with E-state index in [0.29, 0.717) is 30.7 Å². The molecular formula is C19H27N3O3. The van der Waals surface area contributed by atoms with Gasteiger partial charge in [0.05, 0.1) is 6.10 Å². The number of ether oxygens (including phenoxy) is 1. The number of rotatable bonds is 5. The lowest BCUT2D eigenvalue weighted by Crippen LogP contribution is -2.44. The number of hydrogen-bond donors (Lipinski definition) is 3. The highest BCUT2D eigenvalue weighted by molar-refractivity contribution is 5.96. The molecule has 1 aliphatic carbocycles. The van der Waals surface area contributed by atoms with Crippen LogP contribution in [0.2, 0.25) is 0 Å². The molecule has 1 aromatic carbocycles. The van der Waals surface area contributed by atoms with Crippen molar-refractivity contribution in [1.29, 1.82) is 0 Å². The van der Waals surface area contributed by atoms with Crippen LogP contribution in [0.15, 0.2) is 18.2 Å². The minimum atomic E-state index is -0.199. The number of nitrogens with one attached hydrogen (secondary N) is 3. The van der Waals surface area contributed by atoms with Crippen molar-refractivity contribution in [1.82, 2.24) is 10.6 Å². The molecule has 1 saturated heterocycles. The molecule has 1 heterocycles. The average Bonchev–Trinajstić information content (AvgIpc) is 3.42. The molecule has 0 aromatic heterocycles. The van der Waals surface area contributed by atoms with Gasteiger partial charge in [0.25, 0.3) is 5.91 Å². The first-order valence-electron chi connectivity index (χ1n) is 9.14. The Morgan fingerprint density at radius 3 is 2.72 bits per heavy atom. The minimum Gasteiger partial charge on any atom is -0.378 e. The molecule has 3 amide bonds. The van der Waals surface area contributed by atoms with Crippen LogP contribution in [0.4, 0.5) is 10.5 Å². The van der Waals surface area contributed by atoms with E-state index in [1.807, 2.05) is 13.8 Å². The van der Waals surface area contributed by atoms with Crippen LogP contribution in [0.25, 0.3) is 0 Å². The number of benzene rings is 1. The molecular weight excluding hydrogens is 318 g/mol. The van der Waals surface area contributed by atoms with Gasteiger partial charge < -0.3 is 20.7 Å². The van der Waals surface area contributed by atoms with E-state index in [-0.39, 0.29) is 18.0 Å². The predicted octanol–water partition coefficient (Wildman–Crippen LogP) is 2.82. The Bertz CT molecular complexity index is 643. The van der Waals surface area contributed by atoms with Crippen LogP contribution in [-0.4, -0.2) is 37.2 Å². The second-order valence-electron chi connectivity index (χ2n) is 6.96. The smallest absolute Gasteiger partial charge is 0.319 e. The largest absolute Gasteiger partial charge is 0.378 e. The lowest BCUT2D eigenvalue weighted by Gasteiger charge is -2.30. The molecule has 25 heavy (non-hydrogen) atoms. The van der Waals surface area contributed by atoms with Crippen molar-refractivity contribution in [2.45, 2.75) is 51.7 Å². The van der Waals surface area contributed by atoms with Gasteiger partial charge in [-0.3, -0.25) is 4.79 Å². The van der Waals surface area contributed by atoms with Gasteiger partial charge in [-0.2, -0.15) is 0 Å². The number of hydrogen-bond acceptors (Lipinski definition) is 3. The van der Waals surface area contributed by atoms with Crippen LogP contribution in [-0.2, 0) is 4.74 Å². The fourth-order valence-electron chi connectivity index (χ4n) is 3.31. The van der Waals surface area contributed by atoms with Crippen LogP contribution in [0.1, 0.15) is 48.5 Å². The van der Waals surface area contributed by atoms with Gasteiger partial charge in [-0.15, -0.1) is 0 Å². The van der Waals surface area contributed by atoms with Crippen molar-refractivity contribution in [2.75, 3.05) is 18.5 Å². The molecule has 2 unspecified atom stereocenters. The lowest BCUT2D eigenvalue weighted by molar-refractivity contribution is -0.00889. The first-order chi connectivity index (χ1) is 12.1. The van der Waals surface area contributed by atoms with Gasteiger partial charge in [0.1, 0.15) is 0 Å². The van der Waals surface area contributed by atoms with Gasteiger partial charge in [-0.25, -0.2) is 4.79 Å². The molecule has 2 atom stereocenters. The molecule has 3 N–H and O–H groups in total. The van der Waals surface area contributed by atoms with Crippen molar-refractivity contribution < 1.29 is 14.3 Å². The molecule has 0 radical (unpaired) electrons. The Morgan fingerprint density at radius 1 is 1.24 bits per heavy atom. The van der Waals surface area contributed by atoms with Gasteiger partial charge in [-0.05, 0) is 69.2 Å². The maximum atomic E-state index is 12.3. The fraction of sp³-hybridized carbons (Fsp3) is 0.579. The van der Waals surface area contributed by atoms with Gasteiger partial charge >= 0.3 is 6.03 Å². The number of urea groups is 1. The van der Waals surface area contributed by atoms with Crippen molar-refractivity contribution in [3.8, 4) is 0 Å². The maximum absolute atomic E-state index is 12.3. The molecule has 1 saturated carbocycles. The Hall–Kier alpha value is -2.08. The number of carbonyl (C=O) groups is 2. The van der Waals surface area contributed by atoms with Gasteiger partial charge in [-0.1, -0.05) is 0 Å². The summed E-state index contributed by atoms with van der Waals surface area (Å²) in [7, 11) is 0. The van der Waals surface area contributed by atoms with Crippen LogP contribution >= 0.6 is 0 Å². The first-order valence-corrected chi connectivity index (χ1v) is 9.14. The second kappa shape index (κ2) is 7.87. The molecule has 0 spiro atoms. The van der Waals surface area contributed by atoms with Gasteiger partial charge in [0, 0.05) is 30.4 Å². The molecule has 0 bridgehead atoms. The number of carbonyl (C=O) groups excluding carboxylic acids is 2. The molecule has 6 heteroatoms. The van der Waals surface area contributed by atoms with Crippen molar-refractivity contribution in [3.63, 3.8) is 0 Å². The van der Waals surface area contributed by atoms with E-state index in [2.05, 4.69) is 16.0 Å². The van der Waals surface area contributed by atoms with E-state index in [4.69, 9.17) is 4.74 Å². The lowest BCUT2D eigenvalue weighted by atomic mass is 10.0. The zero-order valence-electron chi connectivity index (χ0n) is 14.9. The topological polar surface area (TPSA) is 79.5 Å². The number of aryl methyl sites for hydroxylation is 1. The normalized spacial score (nSPS) is 23.0. The van der Waals surface area contributed by atoms with Gasteiger partial charge in [0.15, 0.2) is 0 Å². The summed E-state index contributed by atoms with van der Waals surface area (Å²) >= 11 is 0. The van der Waals surface area contributed by atoms with Crippen molar-refractivity contribution in [3.05, 3.63) is 29.3 Å². The Balaban J connectivity index is 1.54. The summed E-state index contributed by atoms with van der Waals surface area (Å²) in [6, 6.07) is 5.25. The summed E-state index contributed by atoms with van der Waals surface area (Å²) in [4.78, 5) is 24.2. The molecule has 1 aliphatic heterocycles. The van der Waals surface area contributed by atoms with Crippen molar-refractivity contribution in [2.24, 2.45) is 5.92 Å². The third-order valence-corrected chi connectivity index (χ3v) is 4.87. The van der Waals surface area contributed by atoms with Gasteiger partial charge in [0.2, 0.25) is 0 Å². The summed E-state index contributed by atoms with van der Waals surface area (Å²) in [5.41, 5.74) is 2.18. The quantitative estimate of drug-likeness (QED) is 0.768. The van der Waals surface area contributed by atoms with Crippen LogP contribution in [0.3, 0.4) is 0 Å².